The standard InChI is InChI=1S/C18H17NO2/c1-12-7-9-14(10-8-12)17-15(11-20)18(21)19(17)16-6-4-3-5-13(16)2/h3-11,15,17H,1-2H3/t15-,17-/m1/s1. The zero-order valence-corrected chi connectivity index (χ0v) is 12.1. The average molecular weight is 279 g/mol. The Labute approximate surface area is 124 Å². The number of β-lactam (4-membered cyclic amide) rings is 1. The minimum atomic E-state index is -0.577. The molecule has 0 spiro atoms. The van der Waals surface area contributed by atoms with Crippen molar-refractivity contribution in [3.05, 3.63) is 65.2 Å². The summed E-state index contributed by atoms with van der Waals surface area (Å²) in [5.74, 6) is -0.697. The molecule has 1 saturated heterocycles. The van der Waals surface area contributed by atoms with Crippen molar-refractivity contribution in [1.29, 1.82) is 0 Å². The lowest BCUT2D eigenvalue weighted by Crippen LogP contribution is -2.56. The lowest BCUT2D eigenvalue weighted by molar-refractivity contribution is -0.134. The predicted octanol–water partition coefficient (Wildman–Crippen LogP) is 3.21. The molecule has 0 bridgehead atoms. The van der Waals surface area contributed by atoms with Crippen LogP contribution >= 0.6 is 0 Å². The van der Waals surface area contributed by atoms with Gasteiger partial charge in [-0.05, 0) is 31.0 Å². The highest BCUT2D eigenvalue weighted by Gasteiger charge is 2.49. The lowest BCUT2D eigenvalue weighted by atomic mass is 9.82. The van der Waals surface area contributed by atoms with Gasteiger partial charge in [0, 0.05) is 5.69 Å². The number of carbonyl (C=O) groups excluding carboxylic acids is 2. The molecule has 106 valence electrons. The van der Waals surface area contributed by atoms with Crippen LogP contribution in [-0.4, -0.2) is 12.2 Å². The second-order valence-corrected chi connectivity index (χ2v) is 5.51. The van der Waals surface area contributed by atoms with E-state index < -0.39 is 5.92 Å². The number of hydrogen-bond acceptors (Lipinski definition) is 2. The van der Waals surface area contributed by atoms with E-state index in [9.17, 15) is 9.59 Å². The molecule has 21 heavy (non-hydrogen) atoms. The van der Waals surface area contributed by atoms with Crippen molar-refractivity contribution in [2.24, 2.45) is 5.92 Å². The molecule has 1 aliphatic heterocycles. The lowest BCUT2D eigenvalue weighted by Gasteiger charge is -2.45. The summed E-state index contributed by atoms with van der Waals surface area (Å²) in [4.78, 5) is 25.3. The number of aldehydes is 1. The summed E-state index contributed by atoms with van der Waals surface area (Å²) in [5, 5.41) is 0. The highest BCUT2D eigenvalue weighted by molar-refractivity contribution is 6.11. The van der Waals surface area contributed by atoms with Crippen LogP contribution in [-0.2, 0) is 9.59 Å². The molecule has 2 atom stereocenters. The fourth-order valence-electron chi connectivity index (χ4n) is 2.87. The number of hydrogen-bond donors (Lipinski definition) is 0. The number of para-hydroxylation sites is 1. The van der Waals surface area contributed by atoms with Gasteiger partial charge in [-0.1, -0.05) is 48.0 Å². The maximum Gasteiger partial charge on any atom is 0.240 e. The third kappa shape index (κ3) is 2.15. The van der Waals surface area contributed by atoms with E-state index in [0.29, 0.717) is 0 Å². The summed E-state index contributed by atoms with van der Waals surface area (Å²) in [7, 11) is 0. The first-order valence-electron chi connectivity index (χ1n) is 7.04. The van der Waals surface area contributed by atoms with Crippen molar-refractivity contribution in [3.63, 3.8) is 0 Å². The van der Waals surface area contributed by atoms with Crippen LogP contribution in [0, 0.1) is 19.8 Å². The quantitative estimate of drug-likeness (QED) is 0.491. The molecule has 2 aromatic carbocycles. The first-order valence-corrected chi connectivity index (χ1v) is 7.04. The van der Waals surface area contributed by atoms with E-state index in [1.54, 1.807) is 4.90 Å². The van der Waals surface area contributed by atoms with Crippen LogP contribution < -0.4 is 4.90 Å². The highest BCUT2D eigenvalue weighted by Crippen LogP contribution is 2.43. The summed E-state index contributed by atoms with van der Waals surface area (Å²) in [6.07, 6.45) is 0.766. The molecular formula is C18H17NO2. The van der Waals surface area contributed by atoms with Crippen molar-refractivity contribution in [1.82, 2.24) is 0 Å². The summed E-state index contributed by atoms with van der Waals surface area (Å²) >= 11 is 0. The van der Waals surface area contributed by atoms with Crippen LogP contribution in [0.25, 0.3) is 0 Å². The average Bonchev–Trinajstić information content (AvgIpc) is 2.48. The Morgan fingerprint density at radius 3 is 2.29 bits per heavy atom. The Morgan fingerprint density at radius 2 is 1.67 bits per heavy atom. The normalized spacial score (nSPS) is 21.0. The summed E-state index contributed by atoms with van der Waals surface area (Å²) in [6.45, 7) is 4.00. The van der Waals surface area contributed by atoms with Crippen molar-refractivity contribution < 1.29 is 9.59 Å². The predicted molar refractivity (Wildman–Crippen MR) is 82.1 cm³/mol. The molecule has 2 aromatic rings. The fourth-order valence-corrected chi connectivity index (χ4v) is 2.87. The second-order valence-electron chi connectivity index (χ2n) is 5.51. The maximum absolute atomic E-state index is 12.3. The van der Waals surface area contributed by atoms with Crippen LogP contribution in [0.3, 0.4) is 0 Å². The molecule has 3 nitrogen and oxygen atoms in total. The molecule has 0 aliphatic carbocycles. The third-order valence-electron chi connectivity index (χ3n) is 4.08. The molecule has 1 heterocycles. The van der Waals surface area contributed by atoms with E-state index in [1.165, 1.54) is 0 Å². The number of benzene rings is 2. The van der Waals surface area contributed by atoms with Gasteiger partial charge in [0.2, 0.25) is 5.91 Å². The number of rotatable bonds is 3. The van der Waals surface area contributed by atoms with Crippen LogP contribution in [0.1, 0.15) is 22.7 Å². The minimum Gasteiger partial charge on any atom is -0.303 e. The molecule has 0 aromatic heterocycles. The van der Waals surface area contributed by atoms with Crippen molar-refractivity contribution in [2.45, 2.75) is 19.9 Å². The van der Waals surface area contributed by atoms with Gasteiger partial charge >= 0.3 is 0 Å². The molecule has 1 amide bonds. The molecule has 3 heteroatoms. The van der Waals surface area contributed by atoms with Gasteiger partial charge in [0.05, 0.1) is 6.04 Å². The van der Waals surface area contributed by atoms with E-state index >= 15 is 0 Å². The number of anilines is 1. The van der Waals surface area contributed by atoms with E-state index in [4.69, 9.17) is 0 Å². The van der Waals surface area contributed by atoms with E-state index in [0.717, 1.165) is 28.7 Å². The second kappa shape index (κ2) is 5.17. The van der Waals surface area contributed by atoms with Gasteiger partial charge < -0.3 is 9.69 Å². The van der Waals surface area contributed by atoms with Crippen LogP contribution in [0.15, 0.2) is 48.5 Å². The topological polar surface area (TPSA) is 37.4 Å². The van der Waals surface area contributed by atoms with E-state index in [2.05, 4.69) is 0 Å². The number of carbonyl (C=O) groups is 2. The summed E-state index contributed by atoms with van der Waals surface area (Å²) < 4.78 is 0. The Kier molecular flexibility index (Phi) is 3.34. The SMILES string of the molecule is Cc1ccc([C@@H]2[C@@H](C=O)C(=O)N2c2ccccc2C)cc1. The molecule has 0 radical (unpaired) electrons. The molecule has 3 rings (SSSR count). The van der Waals surface area contributed by atoms with Crippen molar-refractivity contribution in [3.8, 4) is 0 Å². The monoisotopic (exact) mass is 279 g/mol. The smallest absolute Gasteiger partial charge is 0.240 e. The molecule has 1 aliphatic rings. The molecule has 1 fully saturated rings. The van der Waals surface area contributed by atoms with Gasteiger partial charge in [0.25, 0.3) is 0 Å². The first-order chi connectivity index (χ1) is 10.1. The first kappa shape index (κ1) is 13.6. The third-order valence-corrected chi connectivity index (χ3v) is 4.08. The van der Waals surface area contributed by atoms with Crippen molar-refractivity contribution in [2.75, 3.05) is 4.90 Å². The van der Waals surface area contributed by atoms with E-state index in [-0.39, 0.29) is 11.9 Å². The fraction of sp³-hybridized carbons (Fsp3) is 0.222. The Hall–Kier alpha value is -2.42. The van der Waals surface area contributed by atoms with Gasteiger partial charge in [-0.2, -0.15) is 0 Å². The van der Waals surface area contributed by atoms with Crippen LogP contribution in [0.5, 0.6) is 0 Å². The zero-order chi connectivity index (χ0) is 15.0. The van der Waals surface area contributed by atoms with Gasteiger partial charge in [-0.25, -0.2) is 0 Å². The van der Waals surface area contributed by atoms with Gasteiger partial charge in [0.15, 0.2) is 0 Å². The van der Waals surface area contributed by atoms with Gasteiger partial charge in [-0.3, -0.25) is 4.79 Å². The summed E-state index contributed by atoms with van der Waals surface area (Å²) in [5.41, 5.74) is 4.08. The molecule has 0 saturated carbocycles. The maximum atomic E-state index is 12.3. The van der Waals surface area contributed by atoms with E-state index in [1.807, 2.05) is 62.4 Å². The number of aryl methyl sites for hydroxylation is 2. The van der Waals surface area contributed by atoms with Gasteiger partial charge in [0.1, 0.15) is 12.2 Å². The van der Waals surface area contributed by atoms with Crippen LogP contribution in [0.2, 0.25) is 0 Å². The minimum absolute atomic E-state index is 0.120. The van der Waals surface area contributed by atoms with Gasteiger partial charge in [-0.15, -0.1) is 0 Å². The molecular weight excluding hydrogens is 262 g/mol. The van der Waals surface area contributed by atoms with Crippen LogP contribution in [0.4, 0.5) is 5.69 Å². The zero-order valence-electron chi connectivity index (χ0n) is 12.1. The highest BCUT2D eigenvalue weighted by atomic mass is 16.2. The molecule has 0 unspecified atom stereocenters. The molecule has 0 N–H and O–H groups in total. The van der Waals surface area contributed by atoms with Crippen molar-refractivity contribution >= 4 is 17.9 Å². The number of amides is 1. The largest absolute Gasteiger partial charge is 0.303 e. The summed E-state index contributed by atoms with van der Waals surface area (Å²) in [6, 6.07) is 15.6. The number of nitrogens with zero attached hydrogens (tertiary/aromatic N) is 1. The Bertz CT molecular complexity index is 691. The Morgan fingerprint density at radius 1 is 1.00 bits per heavy atom. The Balaban J connectivity index is 2.03.